The van der Waals surface area contributed by atoms with Gasteiger partial charge in [0.25, 0.3) is 5.91 Å². The zero-order valence-electron chi connectivity index (χ0n) is 10.5. The van der Waals surface area contributed by atoms with Gasteiger partial charge < -0.3 is 10.0 Å². The SMILES string of the molecule is CCN(C(=O)c1cccc(O)c1)c1cccc(F)c1. The van der Waals surface area contributed by atoms with Crippen molar-refractivity contribution in [3.63, 3.8) is 0 Å². The van der Waals surface area contributed by atoms with Crippen LogP contribution in [0.5, 0.6) is 5.75 Å². The minimum Gasteiger partial charge on any atom is -0.508 e. The number of amides is 1. The Balaban J connectivity index is 2.34. The van der Waals surface area contributed by atoms with Gasteiger partial charge in [0, 0.05) is 17.8 Å². The topological polar surface area (TPSA) is 40.5 Å². The van der Waals surface area contributed by atoms with Crippen LogP contribution in [0.15, 0.2) is 48.5 Å². The van der Waals surface area contributed by atoms with Crippen LogP contribution in [0.4, 0.5) is 10.1 Å². The number of phenolic OH excluding ortho intramolecular Hbond substituents is 1. The third kappa shape index (κ3) is 2.91. The number of aromatic hydroxyl groups is 1. The number of nitrogens with zero attached hydrogens (tertiary/aromatic N) is 1. The Bertz CT molecular complexity index is 598. The molecule has 0 spiro atoms. The number of benzene rings is 2. The molecule has 0 radical (unpaired) electrons. The summed E-state index contributed by atoms with van der Waals surface area (Å²) in [6.45, 7) is 2.23. The van der Waals surface area contributed by atoms with Gasteiger partial charge in [-0.3, -0.25) is 4.79 Å². The molecule has 0 saturated heterocycles. The summed E-state index contributed by atoms with van der Waals surface area (Å²) >= 11 is 0. The number of rotatable bonds is 3. The molecule has 2 aromatic rings. The van der Waals surface area contributed by atoms with Crippen molar-refractivity contribution in [3.05, 3.63) is 59.9 Å². The smallest absolute Gasteiger partial charge is 0.258 e. The Morgan fingerprint density at radius 1 is 1.21 bits per heavy atom. The van der Waals surface area contributed by atoms with Crippen LogP contribution in [0.1, 0.15) is 17.3 Å². The van der Waals surface area contributed by atoms with Gasteiger partial charge in [0.2, 0.25) is 0 Å². The Hall–Kier alpha value is -2.36. The summed E-state index contributed by atoms with van der Waals surface area (Å²) < 4.78 is 13.2. The summed E-state index contributed by atoms with van der Waals surface area (Å²) in [6, 6.07) is 12.0. The van der Waals surface area contributed by atoms with Gasteiger partial charge >= 0.3 is 0 Å². The molecule has 4 heteroatoms. The lowest BCUT2D eigenvalue weighted by Gasteiger charge is -2.21. The quantitative estimate of drug-likeness (QED) is 0.919. The van der Waals surface area contributed by atoms with Crippen LogP contribution >= 0.6 is 0 Å². The maximum absolute atomic E-state index is 13.2. The lowest BCUT2D eigenvalue weighted by atomic mass is 10.1. The molecule has 0 fully saturated rings. The molecule has 2 aromatic carbocycles. The third-order valence-electron chi connectivity index (χ3n) is 2.77. The third-order valence-corrected chi connectivity index (χ3v) is 2.77. The molecule has 0 atom stereocenters. The largest absolute Gasteiger partial charge is 0.508 e. The second-order valence-corrected chi connectivity index (χ2v) is 4.08. The van der Waals surface area contributed by atoms with Crippen molar-refractivity contribution >= 4 is 11.6 Å². The average Bonchev–Trinajstić information content (AvgIpc) is 2.39. The van der Waals surface area contributed by atoms with Gasteiger partial charge in [-0.25, -0.2) is 4.39 Å². The van der Waals surface area contributed by atoms with Gasteiger partial charge in [0.05, 0.1) is 0 Å². The van der Waals surface area contributed by atoms with Crippen LogP contribution in [0.2, 0.25) is 0 Å². The molecule has 0 heterocycles. The summed E-state index contributed by atoms with van der Waals surface area (Å²) in [4.78, 5) is 13.8. The van der Waals surface area contributed by atoms with E-state index in [1.165, 1.54) is 29.2 Å². The Morgan fingerprint density at radius 3 is 2.58 bits per heavy atom. The predicted octanol–water partition coefficient (Wildman–Crippen LogP) is 3.20. The van der Waals surface area contributed by atoms with Gasteiger partial charge in [-0.2, -0.15) is 0 Å². The van der Waals surface area contributed by atoms with Gasteiger partial charge in [-0.15, -0.1) is 0 Å². The molecule has 19 heavy (non-hydrogen) atoms. The Morgan fingerprint density at radius 2 is 1.95 bits per heavy atom. The van der Waals surface area contributed by atoms with E-state index >= 15 is 0 Å². The first kappa shape index (κ1) is 13.1. The molecule has 0 saturated carbocycles. The highest BCUT2D eigenvalue weighted by Crippen LogP contribution is 2.20. The van der Waals surface area contributed by atoms with Crippen LogP contribution in [0.25, 0.3) is 0 Å². The summed E-state index contributed by atoms with van der Waals surface area (Å²) in [5.41, 5.74) is 0.863. The first-order valence-corrected chi connectivity index (χ1v) is 5.98. The summed E-state index contributed by atoms with van der Waals surface area (Å²) in [7, 11) is 0. The van der Waals surface area contributed by atoms with Crippen molar-refractivity contribution in [2.45, 2.75) is 6.92 Å². The molecule has 0 unspecified atom stereocenters. The first-order chi connectivity index (χ1) is 9.11. The number of phenols is 1. The van der Waals surface area contributed by atoms with Crippen molar-refractivity contribution < 1.29 is 14.3 Å². The van der Waals surface area contributed by atoms with E-state index in [9.17, 15) is 14.3 Å². The molecule has 1 N–H and O–H groups in total. The van der Waals surface area contributed by atoms with Gasteiger partial charge in [-0.1, -0.05) is 12.1 Å². The van der Waals surface area contributed by atoms with Gasteiger partial charge in [-0.05, 0) is 43.3 Å². The van der Waals surface area contributed by atoms with Crippen molar-refractivity contribution in [2.75, 3.05) is 11.4 Å². The summed E-state index contributed by atoms with van der Waals surface area (Å²) in [5.74, 6) is -0.634. The zero-order valence-corrected chi connectivity index (χ0v) is 10.5. The molecule has 2 rings (SSSR count). The lowest BCUT2D eigenvalue weighted by Crippen LogP contribution is -2.30. The number of anilines is 1. The molecule has 1 amide bonds. The maximum atomic E-state index is 13.2. The average molecular weight is 259 g/mol. The molecule has 0 bridgehead atoms. The molecule has 0 aliphatic heterocycles. The number of halogens is 1. The normalized spacial score (nSPS) is 10.2. The van der Waals surface area contributed by atoms with E-state index < -0.39 is 0 Å². The molecule has 0 aliphatic rings. The monoisotopic (exact) mass is 259 g/mol. The van der Waals surface area contributed by atoms with E-state index in [0.717, 1.165) is 0 Å². The highest BCUT2D eigenvalue weighted by Gasteiger charge is 2.16. The first-order valence-electron chi connectivity index (χ1n) is 5.98. The van der Waals surface area contributed by atoms with Gasteiger partial charge in [0.1, 0.15) is 11.6 Å². The highest BCUT2D eigenvalue weighted by molar-refractivity contribution is 6.06. The summed E-state index contributed by atoms with van der Waals surface area (Å²) in [6.07, 6.45) is 0. The van der Waals surface area contributed by atoms with E-state index in [1.807, 2.05) is 6.92 Å². The molecule has 3 nitrogen and oxygen atoms in total. The molecular weight excluding hydrogens is 245 g/mol. The van der Waals surface area contributed by atoms with Gasteiger partial charge in [0.15, 0.2) is 0 Å². The van der Waals surface area contributed by atoms with E-state index in [4.69, 9.17) is 0 Å². The van der Waals surface area contributed by atoms with Crippen molar-refractivity contribution in [1.29, 1.82) is 0 Å². The van der Waals surface area contributed by atoms with E-state index in [1.54, 1.807) is 24.3 Å². The Labute approximate surface area is 110 Å². The fraction of sp³-hybridized carbons (Fsp3) is 0.133. The van der Waals surface area contributed by atoms with Crippen molar-refractivity contribution in [3.8, 4) is 5.75 Å². The molecule has 98 valence electrons. The number of carbonyl (C=O) groups is 1. The Kier molecular flexibility index (Phi) is 3.80. The van der Waals surface area contributed by atoms with E-state index in [0.29, 0.717) is 17.8 Å². The maximum Gasteiger partial charge on any atom is 0.258 e. The fourth-order valence-electron chi connectivity index (χ4n) is 1.88. The number of hydrogen-bond acceptors (Lipinski definition) is 2. The lowest BCUT2D eigenvalue weighted by molar-refractivity contribution is 0.0988. The minimum atomic E-state index is -0.389. The predicted molar refractivity (Wildman–Crippen MR) is 71.9 cm³/mol. The van der Waals surface area contributed by atoms with E-state index in [2.05, 4.69) is 0 Å². The molecule has 0 aromatic heterocycles. The minimum absolute atomic E-state index is 0.0288. The standard InChI is InChI=1S/C15H14FNO2/c1-2-17(13-7-4-6-12(16)10-13)15(19)11-5-3-8-14(18)9-11/h3-10,18H,2H2,1H3. The second kappa shape index (κ2) is 5.52. The van der Waals surface area contributed by atoms with E-state index in [-0.39, 0.29) is 17.5 Å². The molecule has 0 aliphatic carbocycles. The van der Waals surface area contributed by atoms with Crippen LogP contribution in [-0.2, 0) is 0 Å². The fourth-order valence-corrected chi connectivity index (χ4v) is 1.88. The number of hydrogen-bond donors (Lipinski definition) is 1. The molecular formula is C15H14FNO2. The van der Waals surface area contributed by atoms with Crippen LogP contribution in [0.3, 0.4) is 0 Å². The van der Waals surface area contributed by atoms with Crippen LogP contribution in [-0.4, -0.2) is 17.6 Å². The van der Waals surface area contributed by atoms with Crippen LogP contribution in [0, 0.1) is 5.82 Å². The van der Waals surface area contributed by atoms with Crippen molar-refractivity contribution in [2.24, 2.45) is 0 Å². The highest BCUT2D eigenvalue weighted by atomic mass is 19.1. The van der Waals surface area contributed by atoms with Crippen LogP contribution < -0.4 is 4.90 Å². The second-order valence-electron chi connectivity index (χ2n) is 4.08. The van der Waals surface area contributed by atoms with Crippen molar-refractivity contribution in [1.82, 2.24) is 0 Å². The number of carbonyl (C=O) groups excluding carboxylic acids is 1. The summed E-state index contributed by atoms with van der Waals surface area (Å²) in [5, 5.41) is 9.40. The zero-order chi connectivity index (χ0) is 13.8.